The van der Waals surface area contributed by atoms with Crippen molar-refractivity contribution in [1.82, 2.24) is 10.6 Å². The molecule has 1 rings (SSSR count). The van der Waals surface area contributed by atoms with Gasteiger partial charge in [-0.25, -0.2) is 0 Å². The molecule has 0 spiro atoms. The molecular weight excluding hydrogens is 308 g/mol. The molecule has 0 aromatic carbocycles. The molecule has 0 unspecified atom stereocenters. The SMILES string of the molecule is CCO[Si](C)(C)CN[C@@H]1CCCC[C@H]1NC[Si](C)(C)OCC. The van der Waals surface area contributed by atoms with Gasteiger partial charge in [0.05, 0.1) is 0 Å². The first kappa shape index (κ1) is 20.3. The summed E-state index contributed by atoms with van der Waals surface area (Å²) in [6.45, 7) is 15.1. The van der Waals surface area contributed by atoms with Gasteiger partial charge >= 0.3 is 0 Å². The van der Waals surface area contributed by atoms with E-state index in [0.717, 1.165) is 25.5 Å². The van der Waals surface area contributed by atoms with E-state index in [9.17, 15) is 0 Å². The van der Waals surface area contributed by atoms with E-state index in [0.29, 0.717) is 12.1 Å². The highest BCUT2D eigenvalue weighted by atomic mass is 28.4. The molecule has 1 aliphatic rings. The van der Waals surface area contributed by atoms with E-state index < -0.39 is 16.6 Å². The average Bonchev–Trinajstić information content (AvgIpc) is 2.44. The quantitative estimate of drug-likeness (QED) is 0.597. The molecule has 1 saturated carbocycles. The topological polar surface area (TPSA) is 42.5 Å². The highest BCUT2D eigenvalue weighted by molar-refractivity contribution is 6.71. The molecule has 0 heterocycles. The van der Waals surface area contributed by atoms with Crippen LogP contribution in [0.3, 0.4) is 0 Å². The van der Waals surface area contributed by atoms with Crippen LogP contribution in [0.1, 0.15) is 39.5 Å². The van der Waals surface area contributed by atoms with Crippen LogP contribution in [0, 0.1) is 0 Å². The van der Waals surface area contributed by atoms with Gasteiger partial charge in [0.1, 0.15) is 0 Å². The molecule has 0 saturated heterocycles. The lowest BCUT2D eigenvalue weighted by Gasteiger charge is -2.36. The van der Waals surface area contributed by atoms with Crippen LogP contribution in [0.15, 0.2) is 0 Å². The molecule has 22 heavy (non-hydrogen) atoms. The molecule has 1 aliphatic carbocycles. The lowest BCUT2D eigenvalue weighted by Crippen LogP contribution is -2.57. The summed E-state index contributed by atoms with van der Waals surface area (Å²) in [5, 5.41) is 7.63. The fraction of sp³-hybridized carbons (Fsp3) is 1.00. The van der Waals surface area contributed by atoms with Crippen LogP contribution < -0.4 is 10.6 Å². The second-order valence-electron chi connectivity index (χ2n) is 7.64. The third-order valence-corrected chi connectivity index (χ3v) is 8.67. The van der Waals surface area contributed by atoms with E-state index in [2.05, 4.69) is 50.7 Å². The van der Waals surface area contributed by atoms with Crippen molar-refractivity contribution >= 4 is 16.6 Å². The van der Waals surface area contributed by atoms with Crippen molar-refractivity contribution in [3.05, 3.63) is 0 Å². The smallest absolute Gasteiger partial charge is 0.200 e. The summed E-state index contributed by atoms with van der Waals surface area (Å²) in [7, 11) is -3.09. The summed E-state index contributed by atoms with van der Waals surface area (Å²) in [5.41, 5.74) is 0. The second kappa shape index (κ2) is 9.54. The Hall–Kier alpha value is 0.274. The zero-order chi connectivity index (χ0) is 16.6. The number of hydrogen-bond acceptors (Lipinski definition) is 4. The molecule has 0 aliphatic heterocycles. The number of nitrogens with one attached hydrogen (secondary N) is 2. The third kappa shape index (κ3) is 7.70. The van der Waals surface area contributed by atoms with Gasteiger partial charge in [0.15, 0.2) is 16.6 Å². The zero-order valence-corrected chi connectivity index (χ0v) is 17.6. The summed E-state index contributed by atoms with van der Waals surface area (Å²) in [4.78, 5) is 0. The first-order valence-electron chi connectivity index (χ1n) is 9.04. The minimum absolute atomic E-state index is 0.590. The summed E-state index contributed by atoms with van der Waals surface area (Å²) >= 11 is 0. The first-order valence-corrected chi connectivity index (χ1v) is 15.3. The Labute approximate surface area is 140 Å². The van der Waals surface area contributed by atoms with Gasteiger partial charge in [0.2, 0.25) is 0 Å². The molecule has 0 aromatic heterocycles. The molecule has 4 nitrogen and oxygen atoms in total. The molecular formula is C16H38N2O2Si2. The maximum atomic E-state index is 5.94. The summed E-state index contributed by atoms with van der Waals surface area (Å²) in [5.74, 6) is 0. The first-order chi connectivity index (χ1) is 10.3. The maximum absolute atomic E-state index is 5.94. The van der Waals surface area contributed by atoms with Crippen LogP contribution in [0.25, 0.3) is 0 Å². The maximum Gasteiger partial charge on any atom is 0.200 e. The highest BCUT2D eigenvalue weighted by Crippen LogP contribution is 2.20. The van der Waals surface area contributed by atoms with Crippen LogP contribution in [0.5, 0.6) is 0 Å². The van der Waals surface area contributed by atoms with E-state index in [-0.39, 0.29) is 0 Å². The Morgan fingerprint density at radius 1 is 0.773 bits per heavy atom. The van der Waals surface area contributed by atoms with Crippen molar-refractivity contribution < 1.29 is 8.85 Å². The fourth-order valence-electron chi connectivity index (χ4n) is 3.26. The minimum atomic E-state index is -1.54. The van der Waals surface area contributed by atoms with E-state index in [1.807, 2.05) is 0 Å². The molecule has 0 bridgehead atoms. The molecule has 2 N–H and O–H groups in total. The Morgan fingerprint density at radius 3 is 1.45 bits per heavy atom. The highest BCUT2D eigenvalue weighted by Gasteiger charge is 2.30. The standard InChI is InChI=1S/C16H38N2O2Si2/c1-7-19-21(3,4)13-17-15-11-9-10-12-16(15)18-14-22(5,6)20-8-2/h15-18H,7-14H2,1-6H3/t15-,16-/m1/s1. The summed E-state index contributed by atoms with van der Waals surface area (Å²) in [6.07, 6.45) is 7.36. The Kier molecular flexibility index (Phi) is 8.81. The van der Waals surface area contributed by atoms with E-state index >= 15 is 0 Å². The molecule has 6 heteroatoms. The third-order valence-electron chi connectivity index (χ3n) is 4.42. The fourth-order valence-corrected chi connectivity index (χ4v) is 6.53. The van der Waals surface area contributed by atoms with Crippen molar-refractivity contribution in [3.8, 4) is 0 Å². The van der Waals surface area contributed by atoms with Crippen molar-refractivity contribution in [3.63, 3.8) is 0 Å². The van der Waals surface area contributed by atoms with Crippen molar-refractivity contribution in [2.75, 3.05) is 25.5 Å². The van der Waals surface area contributed by atoms with Gasteiger partial charge in [-0.1, -0.05) is 12.8 Å². The van der Waals surface area contributed by atoms with Crippen molar-refractivity contribution in [2.45, 2.75) is 77.8 Å². The van der Waals surface area contributed by atoms with Gasteiger partial charge in [-0.15, -0.1) is 0 Å². The van der Waals surface area contributed by atoms with E-state index in [1.54, 1.807) is 0 Å². The lowest BCUT2D eigenvalue weighted by atomic mass is 9.90. The van der Waals surface area contributed by atoms with Gasteiger partial charge in [0.25, 0.3) is 0 Å². The number of hydrogen-bond donors (Lipinski definition) is 2. The Balaban J connectivity index is 2.46. The average molecular weight is 347 g/mol. The van der Waals surface area contributed by atoms with E-state index in [1.165, 1.54) is 25.7 Å². The molecule has 0 amide bonds. The molecule has 0 radical (unpaired) electrons. The monoisotopic (exact) mass is 346 g/mol. The zero-order valence-electron chi connectivity index (χ0n) is 15.6. The van der Waals surface area contributed by atoms with Crippen LogP contribution in [0.2, 0.25) is 26.2 Å². The summed E-state index contributed by atoms with van der Waals surface area (Å²) < 4.78 is 11.9. The molecule has 132 valence electrons. The van der Waals surface area contributed by atoms with E-state index in [4.69, 9.17) is 8.85 Å². The largest absolute Gasteiger partial charge is 0.416 e. The van der Waals surface area contributed by atoms with Gasteiger partial charge in [-0.05, 0) is 52.9 Å². The normalized spacial score (nSPS) is 23.7. The predicted octanol–water partition coefficient (Wildman–Crippen LogP) is 3.04. The van der Waals surface area contributed by atoms with Gasteiger partial charge < -0.3 is 19.5 Å². The lowest BCUT2D eigenvalue weighted by molar-refractivity contribution is 0.278. The van der Waals surface area contributed by atoms with Gasteiger partial charge in [-0.2, -0.15) is 0 Å². The van der Waals surface area contributed by atoms with Crippen LogP contribution >= 0.6 is 0 Å². The molecule has 1 fully saturated rings. The van der Waals surface area contributed by atoms with Crippen LogP contribution in [-0.4, -0.2) is 54.3 Å². The predicted molar refractivity (Wildman–Crippen MR) is 100 cm³/mol. The van der Waals surface area contributed by atoms with Crippen LogP contribution in [-0.2, 0) is 8.85 Å². The second-order valence-corrected chi connectivity index (χ2v) is 16.0. The van der Waals surface area contributed by atoms with Crippen molar-refractivity contribution in [1.29, 1.82) is 0 Å². The molecule has 0 aromatic rings. The summed E-state index contributed by atoms with van der Waals surface area (Å²) in [6, 6.07) is 1.18. The number of rotatable bonds is 10. The Morgan fingerprint density at radius 2 is 1.14 bits per heavy atom. The van der Waals surface area contributed by atoms with Gasteiger partial charge in [0, 0.05) is 37.6 Å². The van der Waals surface area contributed by atoms with Crippen LogP contribution in [0.4, 0.5) is 0 Å². The minimum Gasteiger partial charge on any atom is -0.416 e. The Bertz CT molecular complexity index is 285. The molecule has 2 atom stereocenters. The van der Waals surface area contributed by atoms with Crippen molar-refractivity contribution in [2.24, 2.45) is 0 Å². The van der Waals surface area contributed by atoms with Gasteiger partial charge in [-0.3, -0.25) is 0 Å².